The number of methoxy groups -OCH3 is 1. The standard InChI is InChI=1S/C10H14O3.C5H12O3/c11-6-7-12-8-9-13-10-4-2-1-3-5-10;1-7-4-5-8-3-2-6/h1-5,11H,6-9H2;6H,2-5H2,1H3. The van der Waals surface area contributed by atoms with E-state index < -0.39 is 0 Å². The normalized spacial score (nSPS) is 9.86. The van der Waals surface area contributed by atoms with E-state index in [0.29, 0.717) is 39.6 Å². The lowest BCUT2D eigenvalue weighted by Gasteiger charge is -2.05. The average Bonchev–Trinajstić information content (AvgIpc) is 2.53. The van der Waals surface area contributed by atoms with Gasteiger partial charge in [0.2, 0.25) is 0 Å². The van der Waals surface area contributed by atoms with Gasteiger partial charge in [-0.05, 0) is 12.1 Å². The van der Waals surface area contributed by atoms with E-state index >= 15 is 0 Å². The Kier molecular flexibility index (Phi) is 15.9. The third-order valence-corrected chi connectivity index (χ3v) is 2.14. The van der Waals surface area contributed by atoms with Gasteiger partial charge in [0.25, 0.3) is 0 Å². The fourth-order valence-corrected chi connectivity index (χ4v) is 1.21. The van der Waals surface area contributed by atoms with Gasteiger partial charge in [-0.25, -0.2) is 0 Å². The molecule has 0 spiro atoms. The molecule has 21 heavy (non-hydrogen) atoms. The quantitative estimate of drug-likeness (QED) is 0.586. The summed E-state index contributed by atoms with van der Waals surface area (Å²) in [5, 5.41) is 16.6. The molecule has 1 aromatic rings. The molecule has 0 heterocycles. The van der Waals surface area contributed by atoms with Crippen molar-refractivity contribution < 1.29 is 29.2 Å². The van der Waals surface area contributed by atoms with Crippen LogP contribution in [0.15, 0.2) is 30.3 Å². The minimum absolute atomic E-state index is 0.0609. The maximum atomic E-state index is 8.42. The van der Waals surface area contributed by atoms with Crippen LogP contribution in [0.3, 0.4) is 0 Å². The lowest BCUT2D eigenvalue weighted by Crippen LogP contribution is -2.08. The molecule has 122 valence electrons. The predicted octanol–water partition coefficient (Wildman–Crippen LogP) is 0.716. The molecule has 6 nitrogen and oxygen atoms in total. The number of ether oxygens (including phenoxy) is 4. The summed E-state index contributed by atoms with van der Waals surface area (Å²) >= 11 is 0. The molecule has 0 bridgehead atoms. The van der Waals surface area contributed by atoms with Gasteiger partial charge >= 0.3 is 0 Å². The Morgan fingerprint density at radius 3 is 1.86 bits per heavy atom. The van der Waals surface area contributed by atoms with Crippen molar-refractivity contribution in [2.24, 2.45) is 0 Å². The second-order valence-electron chi connectivity index (χ2n) is 3.83. The van der Waals surface area contributed by atoms with Gasteiger partial charge < -0.3 is 29.2 Å². The molecular weight excluding hydrogens is 276 g/mol. The molecule has 0 aliphatic rings. The average molecular weight is 302 g/mol. The van der Waals surface area contributed by atoms with Gasteiger partial charge in [0.15, 0.2) is 0 Å². The summed E-state index contributed by atoms with van der Waals surface area (Å²) in [5.41, 5.74) is 0. The van der Waals surface area contributed by atoms with Crippen molar-refractivity contribution in [3.63, 3.8) is 0 Å². The highest BCUT2D eigenvalue weighted by molar-refractivity contribution is 5.20. The van der Waals surface area contributed by atoms with Gasteiger partial charge in [0.05, 0.1) is 46.2 Å². The third-order valence-electron chi connectivity index (χ3n) is 2.14. The van der Waals surface area contributed by atoms with E-state index in [1.165, 1.54) is 0 Å². The molecule has 0 saturated heterocycles. The monoisotopic (exact) mass is 302 g/mol. The summed E-state index contributed by atoms with van der Waals surface area (Å²) in [7, 11) is 1.61. The molecule has 0 aliphatic carbocycles. The fraction of sp³-hybridized carbons (Fsp3) is 0.600. The van der Waals surface area contributed by atoms with Crippen LogP contribution in [0.2, 0.25) is 0 Å². The van der Waals surface area contributed by atoms with Crippen molar-refractivity contribution in [1.82, 2.24) is 0 Å². The van der Waals surface area contributed by atoms with Crippen LogP contribution in [0.4, 0.5) is 0 Å². The second kappa shape index (κ2) is 16.9. The van der Waals surface area contributed by atoms with Crippen molar-refractivity contribution in [1.29, 1.82) is 0 Å². The van der Waals surface area contributed by atoms with Crippen molar-refractivity contribution in [2.75, 3.05) is 60.0 Å². The summed E-state index contributed by atoms with van der Waals surface area (Å²) in [4.78, 5) is 0. The number of aliphatic hydroxyl groups excluding tert-OH is 2. The first kappa shape index (κ1) is 19.8. The Hall–Kier alpha value is -1.18. The number of hydrogen-bond acceptors (Lipinski definition) is 6. The molecule has 1 aromatic carbocycles. The smallest absolute Gasteiger partial charge is 0.119 e. The third kappa shape index (κ3) is 15.0. The van der Waals surface area contributed by atoms with Crippen LogP contribution >= 0.6 is 0 Å². The van der Waals surface area contributed by atoms with Crippen LogP contribution in [0.5, 0.6) is 5.75 Å². The SMILES string of the molecule is COCCOCCO.OCCOCCOc1ccccc1. The number of rotatable bonds is 11. The van der Waals surface area contributed by atoms with Gasteiger partial charge in [-0.1, -0.05) is 18.2 Å². The van der Waals surface area contributed by atoms with E-state index in [0.717, 1.165) is 5.75 Å². The molecule has 0 fully saturated rings. The van der Waals surface area contributed by atoms with E-state index in [4.69, 9.17) is 24.4 Å². The van der Waals surface area contributed by atoms with Gasteiger partial charge in [0, 0.05) is 7.11 Å². The summed E-state index contributed by atoms with van der Waals surface area (Å²) < 4.78 is 19.9. The van der Waals surface area contributed by atoms with E-state index in [1.54, 1.807) is 7.11 Å². The molecule has 2 N–H and O–H groups in total. The molecule has 0 unspecified atom stereocenters. The molecule has 0 atom stereocenters. The highest BCUT2D eigenvalue weighted by Crippen LogP contribution is 2.07. The Bertz CT molecular complexity index is 287. The highest BCUT2D eigenvalue weighted by atomic mass is 16.5. The lowest BCUT2D eigenvalue weighted by atomic mass is 10.3. The molecule has 0 amide bonds. The molecule has 6 heteroatoms. The van der Waals surface area contributed by atoms with Gasteiger partial charge in [-0.15, -0.1) is 0 Å². The minimum Gasteiger partial charge on any atom is -0.491 e. The molecule has 0 aromatic heterocycles. The van der Waals surface area contributed by atoms with Crippen molar-refractivity contribution >= 4 is 0 Å². The van der Waals surface area contributed by atoms with E-state index in [2.05, 4.69) is 4.74 Å². The first-order chi connectivity index (χ1) is 10.3. The number of aliphatic hydroxyl groups is 2. The van der Waals surface area contributed by atoms with Crippen molar-refractivity contribution in [2.45, 2.75) is 0 Å². The highest BCUT2D eigenvalue weighted by Gasteiger charge is 1.90. The van der Waals surface area contributed by atoms with Crippen molar-refractivity contribution in [3.05, 3.63) is 30.3 Å². The van der Waals surface area contributed by atoms with Gasteiger partial charge in [-0.2, -0.15) is 0 Å². The Morgan fingerprint density at radius 2 is 1.33 bits per heavy atom. The van der Waals surface area contributed by atoms with Crippen molar-refractivity contribution in [3.8, 4) is 5.75 Å². The van der Waals surface area contributed by atoms with Crippen LogP contribution in [0, 0.1) is 0 Å². The molecule has 0 saturated carbocycles. The zero-order chi connectivity index (χ0) is 15.6. The molecular formula is C15H26O6. The summed E-state index contributed by atoms with van der Waals surface area (Å²) in [6.07, 6.45) is 0. The van der Waals surface area contributed by atoms with Gasteiger partial charge in [-0.3, -0.25) is 0 Å². The largest absolute Gasteiger partial charge is 0.491 e. The Labute approximate surface area is 126 Å². The van der Waals surface area contributed by atoms with Crippen LogP contribution in [-0.4, -0.2) is 70.2 Å². The first-order valence-corrected chi connectivity index (χ1v) is 6.89. The lowest BCUT2D eigenvalue weighted by molar-refractivity contribution is 0.0500. The Morgan fingerprint density at radius 1 is 0.762 bits per heavy atom. The van der Waals surface area contributed by atoms with E-state index in [9.17, 15) is 0 Å². The summed E-state index contributed by atoms with van der Waals surface area (Å²) in [6.45, 7) is 3.12. The van der Waals surface area contributed by atoms with Crippen LogP contribution in [0.25, 0.3) is 0 Å². The fourth-order valence-electron chi connectivity index (χ4n) is 1.21. The maximum absolute atomic E-state index is 8.42. The Balaban J connectivity index is 0.000000433. The zero-order valence-corrected chi connectivity index (χ0v) is 12.6. The van der Waals surface area contributed by atoms with Crippen LogP contribution in [-0.2, 0) is 14.2 Å². The van der Waals surface area contributed by atoms with E-state index in [1.807, 2.05) is 30.3 Å². The second-order valence-corrected chi connectivity index (χ2v) is 3.83. The number of benzene rings is 1. The predicted molar refractivity (Wildman–Crippen MR) is 79.6 cm³/mol. The summed E-state index contributed by atoms with van der Waals surface area (Å²) in [6, 6.07) is 9.57. The van der Waals surface area contributed by atoms with E-state index in [-0.39, 0.29) is 13.2 Å². The minimum atomic E-state index is 0.0609. The number of para-hydroxylation sites is 1. The van der Waals surface area contributed by atoms with Crippen LogP contribution in [0.1, 0.15) is 0 Å². The zero-order valence-electron chi connectivity index (χ0n) is 12.6. The summed E-state index contributed by atoms with van der Waals surface area (Å²) in [5.74, 6) is 0.843. The maximum Gasteiger partial charge on any atom is 0.119 e. The molecule has 0 radical (unpaired) electrons. The van der Waals surface area contributed by atoms with Crippen LogP contribution < -0.4 is 4.74 Å². The number of hydrogen-bond donors (Lipinski definition) is 2. The topological polar surface area (TPSA) is 77.4 Å². The van der Waals surface area contributed by atoms with Gasteiger partial charge in [0.1, 0.15) is 12.4 Å². The first-order valence-electron chi connectivity index (χ1n) is 6.89. The molecule has 1 rings (SSSR count). The molecule has 0 aliphatic heterocycles.